The lowest BCUT2D eigenvalue weighted by Gasteiger charge is -2.36. The number of epoxide rings is 1. The van der Waals surface area contributed by atoms with E-state index < -0.39 is 54.5 Å². The molecule has 2 aliphatic heterocycles. The van der Waals surface area contributed by atoms with E-state index in [0.29, 0.717) is 12.8 Å². The number of hydrogen-bond acceptors (Lipinski definition) is 9. The van der Waals surface area contributed by atoms with Gasteiger partial charge in [-0.05, 0) is 32.0 Å². The van der Waals surface area contributed by atoms with E-state index in [1.54, 1.807) is 13.8 Å². The van der Waals surface area contributed by atoms with E-state index >= 15 is 0 Å². The first-order valence-electron chi connectivity index (χ1n) is 10.9. The Bertz CT molecular complexity index is 1260. The van der Waals surface area contributed by atoms with Crippen molar-refractivity contribution in [2.75, 3.05) is 6.61 Å². The summed E-state index contributed by atoms with van der Waals surface area (Å²) in [7, 11) is -4.15. The number of aromatic amines is 1. The monoisotopic (exact) mass is 519 g/mol. The van der Waals surface area contributed by atoms with Gasteiger partial charge in [0.2, 0.25) is 4.77 Å². The van der Waals surface area contributed by atoms with Crippen LogP contribution in [0.15, 0.2) is 17.1 Å². The average molecular weight is 519 g/mol. The molecule has 0 amide bonds. The second-order valence-electron chi connectivity index (χ2n) is 8.89. The van der Waals surface area contributed by atoms with Crippen molar-refractivity contribution in [2.24, 2.45) is 0 Å². The zero-order chi connectivity index (χ0) is 25.1. The van der Waals surface area contributed by atoms with Gasteiger partial charge in [0.15, 0.2) is 22.9 Å². The highest BCUT2D eigenvalue weighted by atomic mass is 32.1. The third-order valence-corrected chi connectivity index (χ3v) is 9.05. The quantitative estimate of drug-likeness (QED) is 0.176. The van der Waals surface area contributed by atoms with Crippen molar-refractivity contribution in [1.29, 1.82) is 0 Å². The Morgan fingerprint density at radius 3 is 2.65 bits per heavy atom. The van der Waals surface area contributed by atoms with E-state index in [0.717, 1.165) is 6.07 Å². The van der Waals surface area contributed by atoms with Crippen LogP contribution in [0.1, 0.15) is 46.3 Å². The minimum absolute atomic E-state index is 0.00448. The Labute approximate surface area is 199 Å². The Morgan fingerprint density at radius 2 is 2.06 bits per heavy atom. The predicted molar refractivity (Wildman–Crippen MR) is 120 cm³/mol. The maximum atomic E-state index is 13.5. The second-order valence-corrected chi connectivity index (χ2v) is 11.4. The summed E-state index contributed by atoms with van der Waals surface area (Å²) in [5.41, 5.74) is -1.85. The molecule has 6 unspecified atom stereocenters. The van der Waals surface area contributed by atoms with Crippen LogP contribution in [0.2, 0.25) is 0 Å². The molecule has 0 radical (unpaired) electrons. The number of rotatable bonds is 8. The highest BCUT2D eigenvalue weighted by Crippen LogP contribution is 2.65. The minimum Gasteiger partial charge on any atom is -0.388 e. The smallest absolute Gasteiger partial charge is 0.362 e. The Kier molecular flexibility index (Phi) is 6.62. The molecule has 0 aliphatic carbocycles. The SMILES string of the molecule is CCC(CC)(CC1OC(n2cc3c(=O)cc(F)[nH]c3nc2=S)C(O)C1O)OP(=O)(O)C1(C)CO1. The summed E-state index contributed by atoms with van der Waals surface area (Å²) in [6.07, 6.45) is -3.10. The van der Waals surface area contributed by atoms with Gasteiger partial charge in [-0.25, -0.2) is 4.98 Å². The van der Waals surface area contributed by atoms with Gasteiger partial charge < -0.3 is 29.6 Å². The fourth-order valence-corrected chi connectivity index (χ4v) is 5.78. The molecule has 14 heteroatoms. The van der Waals surface area contributed by atoms with Crippen molar-refractivity contribution in [1.82, 2.24) is 14.5 Å². The zero-order valence-electron chi connectivity index (χ0n) is 18.8. The summed E-state index contributed by atoms with van der Waals surface area (Å²) in [4.78, 5) is 29.0. The minimum atomic E-state index is -4.15. The number of aliphatic hydroxyl groups excluding tert-OH is 2. The first-order valence-corrected chi connectivity index (χ1v) is 12.8. The summed E-state index contributed by atoms with van der Waals surface area (Å²) in [6, 6.07) is 0.756. The van der Waals surface area contributed by atoms with E-state index in [9.17, 15) is 28.9 Å². The lowest BCUT2D eigenvalue weighted by atomic mass is 9.88. The predicted octanol–water partition coefficient (Wildman–Crippen LogP) is 2.11. The maximum Gasteiger partial charge on any atom is 0.362 e. The van der Waals surface area contributed by atoms with Crippen molar-refractivity contribution < 1.29 is 38.1 Å². The molecule has 11 nitrogen and oxygen atoms in total. The first-order chi connectivity index (χ1) is 15.8. The second kappa shape index (κ2) is 8.82. The van der Waals surface area contributed by atoms with Gasteiger partial charge in [-0.3, -0.25) is 18.5 Å². The summed E-state index contributed by atoms with van der Waals surface area (Å²) in [5, 5.41) is 20.2. The highest BCUT2D eigenvalue weighted by Gasteiger charge is 2.60. The van der Waals surface area contributed by atoms with Gasteiger partial charge in [0.25, 0.3) is 0 Å². The largest absolute Gasteiger partial charge is 0.388 e. The van der Waals surface area contributed by atoms with Crippen LogP contribution in [0.5, 0.6) is 0 Å². The van der Waals surface area contributed by atoms with E-state index in [4.69, 9.17) is 26.2 Å². The molecule has 4 N–H and O–H groups in total. The van der Waals surface area contributed by atoms with Crippen LogP contribution in [0, 0.1) is 10.7 Å². The van der Waals surface area contributed by atoms with Crippen LogP contribution in [-0.2, 0) is 18.6 Å². The van der Waals surface area contributed by atoms with Crippen molar-refractivity contribution >= 4 is 30.8 Å². The summed E-state index contributed by atoms with van der Waals surface area (Å²) in [5.74, 6) is -0.869. The molecule has 34 heavy (non-hydrogen) atoms. The van der Waals surface area contributed by atoms with Crippen molar-refractivity contribution in [3.63, 3.8) is 0 Å². The molecule has 188 valence electrons. The molecule has 4 rings (SSSR count). The summed E-state index contributed by atoms with van der Waals surface area (Å²) < 4.78 is 44.2. The number of fused-ring (bicyclic) bond motifs is 1. The molecule has 2 aromatic heterocycles. The summed E-state index contributed by atoms with van der Waals surface area (Å²) in [6.45, 7) is 5.16. The molecule has 2 aliphatic rings. The van der Waals surface area contributed by atoms with Crippen molar-refractivity contribution in [3.05, 3.63) is 33.2 Å². The van der Waals surface area contributed by atoms with Gasteiger partial charge in [-0.15, -0.1) is 0 Å². The molecule has 4 heterocycles. The van der Waals surface area contributed by atoms with Gasteiger partial charge in [0.1, 0.15) is 17.9 Å². The lowest BCUT2D eigenvalue weighted by molar-refractivity contribution is -0.0737. The number of ether oxygens (including phenoxy) is 2. The molecular weight excluding hydrogens is 492 g/mol. The Hall–Kier alpha value is -1.57. The first kappa shape index (κ1) is 25.5. The van der Waals surface area contributed by atoms with Crippen LogP contribution in [-0.4, -0.2) is 65.5 Å². The van der Waals surface area contributed by atoms with Gasteiger partial charge in [-0.1, -0.05) is 13.8 Å². The van der Waals surface area contributed by atoms with E-state index in [1.807, 2.05) is 0 Å². The van der Waals surface area contributed by atoms with Gasteiger partial charge in [0.05, 0.1) is 23.7 Å². The average Bonchev–Trinajstić information content (AvgIpc) is 3.48. The normalized spacial score (nSPS) is 31.0. The van der Waals surface area contributed by atoms with Crippen LogP contribution in [0.4, 0.5) is 4.39 Å². The van der Waals surface area contributed by atoms with Crippen LogP contribution < -0.4 is 5.43 Å². The molecule has 2 fully saturated rings. The maximum absolute atomic E-state index is 13.5. The zero-order valence-corrected chi connectivity index (χ0v) is 20.5. The Balaban J connectivity index is 1.63. The van der Waals surface area contributed by atoms with Crippen molar-refractivity contribution in [3.8, 4) is 0 Å². The number of aliphatic hydroxyl groups is 2. The topological polar surface area (TPSA) is 159 Å². The molecule has 0 bridgehead atoms. The lowest BCUT2D eigenvalue weighted by Crippen LogP contribution is -2.40. The van der Waals surface area contributed by atoms with Crippen LogP contribution >= 0.6 is 19.8 Å². The molecular formula is C20H27FN3O8PS. The van der Waals surface area contributed by atoms with Gasteiger partial charge >= 0.3 is 7.60 Å². The Morgan fingerprint density at radius 1 is 1.41 bits per heavy atom. The molecule has 0 spiro atoms. The fourth-order valence-electron chi connectivity index (χ4n) is 4.09. The van der Waals surface area contributed by atoms with E-state index in [2.05, 4.69) is 9.97 Å². The highest BCUT2D eigenvalue weighted by molar-refractivity contribution is 7.71. The number of nitrogens with zero attached hydrogens (tertiary/aromatic N) is 2. The van der Waals surface area contributed by atoms with Crippen molar-refractivity contribution in [2.45, 2.75) is 75.5 Å². The fraction of sp³-hybridized carbons (Fsp3) is 0.650. The van der Waals surface area contributed by atoms with E-state index in [1.165, 1.54) is 17.7 Å². The number of H-pyrrole nitrogens is 1. The summed E-state index contributed by atoms with van der Waals surface area (Å²) >= 11 is 5.23. The van der Waals surface area contributed by atoms with Gasteiger partial charge in [0, 0.05) is 18.7 Å². The third-order valence-electron chi connectivity index (χ3n) is 6.66. The molecule has 0 aromatic carbocycles. The number of aromatic nitrogens is 3. The molecule has 2 aromatic rings. The van der Waals surface area contributed by atoms with E-state index in [-0.39, 0.29) is 28.8 Å². The van der Waals surface area contributed by atoms with Crippen LogP contribution in [0.3, 0.4) is 0 Å². The standard InChI is InChI=1S/C20H27FN3O8PS/c1-4-20(5-2,32-33(28,29)19(3)9-30-19)7-12-14(26)15(27)17(31-12)24-8-10-11(25)6-13(21)22-16(10)23-18(24)34/h6,8,12,14-15,17,26-27H,4-5,7,9H2,1-3H3,(H,28,29)(H,22,23,34). The van der Waals surface area contributed by atoms with Gasteiger partial charge in [-0.2, -0.15) is 4.39 Å². The number of pyridine rings is 1. The number of nitrogens with one attached hydrogen (secondary N) is 1. The molecule has 0 saturated carbocycles. The van der Waals surface area contributed by atoms with Crippen LogP contribution in [0.25, 0.3) is 11.0 Å². The number of halogens is 1. The molecule has 2 saturated heterocycles. The third kappa shape index (κ3) is 4.40. The molecule has 6 atom stereocenters. The number of hydrogen-bond donors (Lipinski definition) is 4.